The van der Waals surface area contributed by atoms with Crippen LogP contribution in [0, 0.1) is 15.9 Å². The van der Waals surface area contributed by atoms with Gasteiger partial charge in [-0.05, 0) is 78.8 Å². The zero-order valence-electron chi connectivity index (χ0n) is 20.2. The van der Waals surface area contributed by atoms with Gasteiger partial charge in [0.15, 0.2) is 17.3 Å². The minimum atomic E-state index is -2.65. The number of amides is 1. The van der Waals surface area contributed by atoms with Crippen LogP contribution in [0.3, 0.4) is 0 Å². The van der Waals surface area contributed by atoms with Crippen molar-refractivity contribution >= 4 is 51.5 Å². The van der Waals surface area contributed by atoms with E-state index in [-0.39, 0.29) is 31.8 Å². The van der Waals surface area contributed by atoms with Crippen LogP contribution in [0.25, 0.3) is 5.65 Å². The summed E-state index contributed by atoms with van der Waals surface area (Å²) in [6, 6.07) is 5.90. The Morgan fingerprint density at radius 3 is 2.42 bits per heavy atom. The third kappa shape index (κ3) is 4.52. The van der Waals surface area contributed by atoms with Gasteiger partial charge in [0.05, 0.1) is 17.4 Å². The Balaban J connectivity index is 1.29. The largest absolute Gasteiger partial charge is 0.371 e. The monoisotopic (exact) mass is 606 g/mol. The number of aromatic nitrogens is 3. The van der Waals surface area contributed by atoms with Crippen LogP contribution in [0.5, 0.6) is 0 Å². The summed E-state index contributed by atoms with van der Waals surface area (Å²) in [6.07, 6.45) is 8.05. The second-order valence-corrected chi connectivity index (χ2v) is 11.7. The summed E-state index contributed by atoms with van der Waals surface area (Å²) in [5, 5.41) is 2.99. The summed E-state index contributed by atoms with van der Waals surface area (Å²) in [5.74, 6) is -1.99. The number of carbonyl (C=O) groups is 1. The lowest BCUT2D eigenvalue weighted by atomic mass is 9.93. The van der Waals surface area contributed by atoms with Gasteiger partial charge in [-0.3, -0.25) is 9.20 Å². The Labute approximate surface area is 222 Å². The molecular weight excluding hydrogens is 577 g/mol. The molecule has 0 unspecified atom stereocenters. The van der Waals surface area contributed by atoms with E-state index in [0.717, 1.165) is 28.0 Å². The fraction of sp³-hybridized carbons (Fsp3) is 0.500. The number of imidazole rings is 1. The topological polar surface area (TPSA) is 65.8 Å². The summed E-state index contributed by atoms with van der Waals surface area (Å²) in [6.45, 7) is 4.22. The second-order valence-electron chi connectivity index (χ2n) is 10.5. The third-order valence-corrected chi connectivity index (χ3v) is 8.69. The molecule has 1 saturated carbocycles. The van der Waals surface area contributed by atoms with Crippen LogP contribution >= 0.6 is 22.6 Å². The standard InChI is InChI=1S/C26H29F2IN6O/c1-17-15-30-22-23(34-12-8-26(27,28)9-13-34)31-21(16-35(17)22)32-24(36)19-3-2-18(29)14-20(19)33-10-6-25(4-5-25)7-11-33/h2-3,14-16H,4-13H2,1H3,(H,32,36). The van der Waals surface area contributed by atoms with E-state index in [2.05, 4.69) is 48.8 Å². The molecule has 3 fully saturated rings. The van der Waals surface area contributed by atoms with Gasteiger partial charge < -0.3 is 15.1 Å². The van der Waals surface area contributed by atoms with Crippen molar-refractivity contribution in [1.82, 2.24) is 14.4 Å². The van der Waals surface area contributed by atoms with Crippen LogP contribution < -0.4 is 15.1 Å². The SMILES string of the molecule is Cc1cnc2c(N3CCC(F)(F)CC3)nc(NC(=O)c3ccc(I)cc3N3CCC4(CC3)CC4)cn12. The lowest BCUT2D eigenvalue weighted by Gasteiger charge is -2.35. The molecule has 2 saturated heterocycles. The molecule has 1 amide bonds. The van der Waals surface area contributed by atoms with E-state index in [0.29, 0.717) is 28.3 Å². The molecule has 0 radical (unpaired) electrons. The first-order valence-corrected chi connectivity index (χ1v) is 13.6. The molecule has 2 aromatic heterocycles. The van der Waals surface area contributed by atoms with Gasteiger partial charge in [0.1, 0.15) is 0 Å². The Kier molecular flexibility index (Phi) is 5.84. The van der Waals surface area contributed by atoms with E-state index in [9.17, 15) is 13.6 Å². The van der Waals surface area contributed by atoms with Crippen molar-refractivity contribution in [2.45, 2.75) is 51.4 Å². The highest BCUT2D eigenvalue weighted by molar-refractivity contribution is 14.1. The van der Waals surface area contributed by atoms with Gasteiger partial charge in [-0.2, -0.15) is 0 Å². The zero-order chi connectivity index (χ0) is 25.1. The second kappa shape index (κ2) is 8.81. The predicted octanol–water partition coefficient (Wildman–Crippen LogP) is 5.51. The van der Waals surface area contributed by atoms with Crippen LogP contribution in [0.4, 0.5) is 26.1 Å². The zero-order valence-corrected chi connectivity index (χ0v) is 22.4. The van der Waals surface area contributed by atoms with Gasteiger partial charge in [-0.25, -0.2) is 18.7 Å². The number of fused-ring (bicyclic) bond motifs is 1. The number of benzene rings is 1. The fourth-order valence-corrected chi connectivity index (χ4v) is 5.92. The molecule has 190 valence electrons. The van der Waals surface area contributed by atoms with Crippen molar-refractivity contribution in [3.8, 4) is 0 Å². The van der Waals surface area contributed by atoms with Gasteiger partial charge in [-0.1, -0.05) is 0 Å². The molecule has 3 aromatic rings. The van der Waals surface area contributed by atoms with Crippen molar-refractivity contribution in [2.75, 3.05) is 41.3 Å². The Bertz CT molecular complexity index is 1320. The number of rotatable bonds is 4. The first-order chi connectivity index (χ1) is 17.2. The van der Waals surface area contributed by atoms with Crippen molar-refractivity contribution in [3.05, 3.63) is 45.4 Å². The summed E-state index contributed by atoms with van der Waals surface area (Å²) in [4.78, 5) is 26.9. The summed E-state index contributed by atoms with van der Waals surface area (Å²) in [5.41, 5.74) is 3.60. The van der Waals surface area contributed by atoms with Gasteiger partial charge in [0, 0.05) is 54.5 Å². The maximum absolute atomic E-state index is 13.8. The van der Waals surface area contributed by atoms with E-state index < -0.39 is 5.92 Å². The van der Waals surface area contributed by atoms with Crippen LogP contribution in [-0.4, -0.2) is 52.4 Å². The molecule has 1 N–H and O–H groups in total. The predicted molar refractivity (Wildman–Crippen MR) is 144 cm³/mol. The van der Waals surface area contributed by atoms with E-state index in [4.69, 9.17) is 0 Å². The average Bonchev–Trinajstić information content (AvgIpc) is 3.50. The summed E-state index contributed by atoms with van der Waals surface area (Å²) in [7, 11) is 0. The van der Waals surface area contributed by atoms with Crippen molar-refractivity contribution in [1.29, 1.82) is 0 Å². The van der Waals surface area contributed by atoms with Crippen molar-refractivity contribution in [3.63, 3.8) is 0 Å². The van der Waals surface area contributed by atoms with Crippen LogP contribution in [0.1, 0.15) is 54.6 Å². The third-order valence-electron chi connectivity index (χ3n) is 8.02. The number of aryl methyl sites for hydroxylation is 1. The van der Waals surface area contributed by atoms with Gasteiger partial charge in [-0.15, -0.1) is 0 Å². The maximum Gasteiger partial charge on any atom is 0.258 e. The van der Waals surface area contributed by atoms with E-state index in [1.165, 1.54) is 25.7 Å². The molecule has 0 bridgehead atoms. The molecule has 4 heterocycles. The first kappa shape index (κ1) is 23.9. The summed E-state index contributed by atoms with van der Waals surface area (Å²) < 4.78 is 30.5. The van der Waals surface area contributed by atoms with Crippen LogP contribution in [-0.2, 0) is 0 Å². The van der Waals surface area contributed by atoms with E-state index in [1.807, 2.05) is 28.4 Å². The molecule has 36 heavy (non-hydrogen) atoms. The summed E-state index contributed by atoms with van der Waals surface area (Å²) >= 11 is 2.29. The van der Waals surface area contributed by atoms with Crippen LogP contribution in [0.15, 0.2) is 30.6 Å². The average molecular weight is 606 g/mol. The molecule has 1 aliphatic carbocycles. The lowest BCUT2D eigenvalue weighted by Crippen LogP contribution is -2.40. The van der Waals surface area contributed by atoms with Gasteiger partial charge in [0.25, 0.3) is 11.8 Å². The Morgan fingerprint density at radius 2 is 1.72 bits per heavy atom. The molecular formula is C26H29F2IN6O. The number of piperidine rings is 2. The number of nitrogens with zero attached hydrogens (tertiary/aromatic N) is 5. The fourth-order valence-electron chi connectivity index (χ4n) is 5.45. The number of anilines is 3. The highest BCUT2D eigenvalue weighted by atomic mass is 127. The molecule has 10 heteroatoms. The number of halogens is 3. The molecule has 3 aliphatic rings. The number of carbonyl (C=O) groups excluding carboxylic acids is 1. The first-order valence-electron chi connectivity index (χ1n) is 12.6. The van der Waals surface area contributed by atoms with E-state index >= 15 is 0 Å². The molecule has 7 nitrogen and oxygen atoms in total. The molecule has 2 aliphatic heterocycles. The quantitative estimate of drug-likeness (QED) is 0.397. The molecule has 0 atom stereocenters. The smallest absolute Gasteiger partial charge is 0.258 e. The normalized spacial score (nSPS) is 20.7. The Hall–Kier alpha value is -2.50. The van der Waals surface area contributed by atoms with Crippen molar-refractivity contribution < 1.29 is 13.6 Å². The minimum Gasteiger partial charge on any atom is -0.371 e. The number of hydrogen-bond donors (Lipinski definition) is 1. The maximum atomic E-state index is 13.8. The van der Waals surface area contributed by atoms with Crippen LogP contribution in [0.2, 0.25) is 0 Å². The molecule has 1 spiro atoms. The lowest BCUT2D eigenvalue weighted by molar-refractivity contribution is -0.0221. The number of nitrogens with one attached hydrogen (secondary N) is 1. The minimum absolute atomic E-state index is 0.191. The van der Waals surface area contributed by atoms with E-state index in [1.54, 1.807) is 12.4 Å². The molecule has 1 aromatic carbocycles. The Morgan fingerprint density at radius 1 is 1.03 bits per heavy atom. The van der Waals surface area contributed by atoms with Gasteiger partial charge >= 0.3 is 0 Å². The molecule has 6 rings (SSSR count). The van der Waals surface area contributed by atoms with Crippen molar-refractivity contribution in [2.24, 2.45) is 5.41 Å². The highest BCUT2D eigenvalue weighted by Crippen LogP contribution is 2.54. The van der Waals surface area contributed by atoms with Gasteiger partial charge in [0.2, 0.25) is 0 Å². The highest BCUT2D eigenvalue weighted by Gasteiger charge is 2.44. The number of hydrogen-bond acceptors (Lipinski definition) is 5. The number of alkyl halides is 2.